The summed E-state index contributed by atoms with van der Waals surface area (Å²) in [5, 5.41) is 0. The normalized spacial score (nSPS) is 19.0. The van der Waals surface area contributed by atoms with E-state index in [0.29, 0.717) is 6.04 Å². The van der Waals surface area contributed by atoms with Crippen molar-refractivity contribution in [3.63, 3.8) is 0 Å². The Labute approximate surface area is 56.3 Å². The van der Waals surface area contributed by atoms with Crippen LogP contribution in [-0.4, -0.2) is 17.5 Å². The quantitative estimate of drug-likeness (QED) is 0.565. The molecular weight excluding hydrogens is 112 g/mol. The second-order valence-corrected chi connectivity index (χ2v) is 2.79. The Morgan fingerprint density at radius 3 is 2.56 bits per heavy atom. The van der Waals surface area contributed by atoms with Crippen LogP contribution < -0.4 is 5.73 Å². The van der Waals surface area contributed by atoms with E-state index in [2.05, 4.69) is 18.7 Å². The number of rotatable bonds is 1. The van der Waals surface area contributed by atoms with E-state index in [1.54, 1.807) is 0 Å². The lowest BCUT2D eigenvalue weighted by Crippen LogP contribution is -2.22. The Morgan fingerprint density at radius 1 is 1.67 bits per heavy atom. The fraction of sp³-hybridized carbons (Fsp3) is 0.714. The number of nitrogens with two attached hydrogens (primary N) is 1. The first kappa shape index (κ1) is 6.46. The highest BCUT2D eigenvalue weighted by atomic mass is 15.1. The Hall–Kier alpha value is -0.660. The largest absolute Gasteiger partial charge is 0.401 e. The van der Waals surface area contributed by atoms with Crippen LogP contribution in [0.2, 0.25) is 0 Å². The van der Waals surface area contributed by atoms with Gasteiger partial charge in [0.25, 0.3) is 0 Å². The fourth-order valence-corrected chi connectivity index (χ4v) is 1.01. The lowest BCUT2D eigenvalue weighted by molar-refractivity contribution is 0.336. The molecule has 9 heavy (non-hydrogen) atoms. The first-order chi connectivity index (χ1) is 4.20. The Balaban J connectivity index is 2.47. The predicted molar refractivity (Wildman–Crippen MR) is 38.7 cm³/mol. The van der Waals surface area contributed by atoms with Gasteiger partial charge in [-0.1, -0.05) is 0 Å². The fourth-order valence-electron chi connectivity index (χ4n) is 1.01. The molecule has 0 amide bonds. The smallest absolute Gasteiger partial charge is 0.0260 e. The van der Waals surface area contributed by atoms with Gasteiger partial charge in [-0.3, -0.25) is 0 Å². The molecule has 0 spiro atoms. The monoisotopic (exact) mass is 126 g/mol. The highest BCUT2D eigenvalue weighted by Crippen LogP contribution is 2.11. The minimum absolute atomic E-state index is 0.603. The second-order valence-electron chi connectivity index (χ2n) is 2.79. The van der Waals surface area contributed by atoms with Crippen LogP contribution in [0.4, 0.5) is 0 Å². The van der Waals surface area contributed by atoms with E-state index in [1.807, 2.05) is 6.20 Å². The molecule has 2 N–H and O–H groups in total. The van der Waals surface area contributed by atoms with E-state index in [0.717, 1.165) is 18.7 Å². The van der Waals surface area contributed by atoms with Gasteiger partial charge in [-0.05, 0) is 13.8 Å². The van der Waals surface area contributed by atoms with Gasteiger partial charge >= 0.3 is 0 Å². The molecule has 1 aliphatic heterocycles. The van der Waals surface area contributed by atoms with E-state index in [9.17, 15) is 0 Å². The third kappa shape index (κ3) is 1.37. The standard InChI is InChI=1S/C7H14N2/c1-6(2)9-4-3-7(8)5-9/h5-6H,3-4,8H2,1-2H3. The zero-order valence-corrected chi connectivity index (χ0v) is 6.09. The van der Waals surface area contributed by atoms with Crippen LogP contribution in [0.15, 0.2) is 11.9 Å². The highest BCUT2D eigenvalue weighted by molar-refractivity contribution is 5.03. The molecule has 0 aromatic rings. The molecule has 0 fully saturated rings. The summed E-state index contributed by atoms with van der Waals surface area (Å²) in [5.41, 5.74) is 6.60. The Bertz CT molecular complexity index is 127. The summed E-state index contributed by atoms with van der Waals surface area (Å²) in [6, 6.07) is 0.603. The average Bonchev–Trinajstić information content (AvgIpc) is 2.14. The van der Waals surface area contributed by atoms with Crippen molar-refractivity contribution in [3.8, 4) is 0 Å². The molecule has 0 unspecified atom stereocenters. The summed E-state index contributed by atoms with van der Waals surface area (Å²) in [6.07, 6.45) is 3.09. The van der Waals surface area contributed by atoms with Crippen molar-refractivity contribution >= 4 is 0 Å². The zero-order chi connectivity index (χ0) is 6.85. The van der Waals surface area contributed by atoms with Crippen LogP contribution in [0.3, 0.4) is 0 Å². The van der Waals surface area contributed by atoms with Crippen molar-refractivity contribution in [2.75, 3.05) is 6.54 Å². The van der Waals surface area contributed by atoms with E-state index in [1.165, 1.54) is 0 Å². The third-order valence-electron chi connectivity index (χ3n) is 1.65. The molecule has 2 nitrogen and oxygen atoms in total. The maximum atomic E-state index is 5.58. The molecule has 0 aromatic heterocycles. The molecule has 0 aliphatic carbocycles. The van der Waals surface area contributed by atoms with Gasteiger partial charge in [0.05, 0.1) is 0 Å². The first-order valence-electron chi connectivity index (χ1n) is 3.42. The minimum Gasteiger partial charge on any atom is -0.401 e. The summed E-state index contributed by atoms with van der Waals surface area (Å²) >= 11 is 0. The Morgan fingerprint density at radius 2 is 2.33 bits per heavy atom. The number of hydrogen-bond acceptors (Lipinski definition) is 2. The van der Waals surface area contributed by atoms with Crippen LogP contribution in [0.25, 0.3) is 0 Å². The van der Waals surface area contributed by atoms with Gasteiger partial charge in [-0.2, -0.15) is 0 Å². The number of nitrogens with zero attached hydrogens (tertiary/aromatic N) is 1. The van der Waals surface area contributed by atoms with E-state index < -0.39 is 0 Å². The van der Waals surface area contributed by atoms with Crippen molar-refractivity contribution < 1.29 is 0 Å². The molecule has 1 aliphatic rings. The van der Waals surface area contributed by atoms with Crippen molar-refractivity contribution in [2.45, 2.75) is 26.3 Å². The molecule has 2 heteroatoms. The van der Waals surface area contributed by atoms with Crippen LogP contribution in [-0.2, 0) is 0 Å². The van der Waals surface area contributed by atoms with Crippen molar-refractivity contribution in [1.29, 1.82) is 0 Å². The Kier molecular flexibility index (Phi) is 1.65. The highest BCUT2D eigenvalue weighted by Gasteiger charge is 2.11. The van der Waals surface area contributed by atoms with Crippen molar-refractivity contribution in [3.05, 3.63) is 11.9 Å². The molecule has 52 valence electrons. The first-order valence-corrected chi connectivity index (χ1v) is 3.42. The summed E-state index contributed by atoms with van der Waals surface area (Å²) in [5.74, 6) is 0. The molecule has 0 aromatic carbocycles. The van der Waals surface area contributed by atoms with Gasteiger partial charge in [-0.25, -0.2) is 0 Å². The van der Waals surface area contributed by atoms with Gasteiger partial charge in [-0.15, -0.1) is 0 Å². The van der Waals surface area contributed by atoms with Gasteiger partial charge in [0.2, 0.25) is 0 Å². The molecule has 0 saturated carbocycles. The van der Waals surface area contributed by atoms with E-state index in [-0.39, 0.29) is 0 Å². The lowest BCUT2D eigenvalue weighted by Gasteiger charge is -2.18. The minimum atomic E-state index is 0.603. The third-order valence-corrected chi connectivity index (χ3v) is 1.65. The summed E-state index contributed by atoms with van der Waals surface area (Å²) in [7, 11) is 0. The van der Waals surface area contributed by atoms with E-state index >= 15 is 0 Å². The van der Waals surface area contributed by atoms with Crippen molar-refractivity contribution in [1.82, 2.24) is 4.90 Å². The van der Waals surface area contributed by atoms with Crippen LogP contribution >= 0.6 is 0 Å². The van der Waals surface area contributed by atoms with Gasteiger partial charge in [0.15, 0.2) is 0 Å². The maximum Gasteiger partial charge on any atom is 0.0260 e. The van der Waals surface area contributed by atoms with Gasteiger partial charge in [0.1, 0.15) is 0 Å². The predicted octanol–water partition coefficient (Wildman–Crippen LogP) is 0.901. The topological polar surface area (TPSA) is 29.3 Å². The molecular formula is C7H14N2. The molecule has 0 bridgehead atoms. The molecule has 1 rings (SSSR count). The van der Waals surface area contributed by atoms with Crippen LogP contribution in [0.1, 0.15) is 20.3 Å². The summed E-state index contributed by atoms with van der Waals surface area (Å²) < 4.78 is 0. The summed E-state index contributed by atoms with van der Waals surface area (Å²) in [6.45, 7) is 5.45. The molecule has 0 atom stereocenters. The van der Waals surface area contributed by atoms with E-state index in [4.69, 9.17) is 5.73 Å². The number of hydrogen-bond donors (Lipinski definition) is 1. The molecule has 1 heterocycles. The van der Waals surface area contributed by atoms with Gasteiger partial charge < -0.3 is 10.6 Å². The second kappa shape index (κ2) is 2.29. The van der Waals surface area contributed by atoms with Crippen LogP contribution in [0, 0.1) is 0 Å². The van der Waals surface area contributed by atoms with Gasteiger partial charge in [0, 0.05) is 30.9 Å². The SMILES string of the molecule is CC(C)N1C=C(N)CC1. The van der Waals surface area contributed by atoms with Crippen molar-refractivity contribution in [2.24, 2.45) is 5.73 Å². The average molecular weight is 126 g/mol. The zero-order valence-electron chi connectivity index (χ0n) is 6.09. The van der Waals surface area contributed by atoms with Crippen LogP contribution in [0.5, 0.6) is 0 Å². The summed E-state index contributed by atoms with van der Waals surface area (Å²) in [4.78, 5) is 2.26. The molecule has 0 radical (unpaired) electrons. The molecule has 0 saturated heterocycles. The maximum absolute atomic E-state index is 5.58. The lowest BCUT2D eigenvalue weighted by atomic mass is 10.3.